The van der Waals surface area contributed by atoms with Crippen LogP contribution < -0.4 is 10.8 Å². The Kier molecular flexibility index (Phi) is 5.14. The van der Waals surface area contributed by atoms with Gasteiger partial charge in [-0.05, 0) is 46.3 Å². The van der Waals surface area contributed by atoms with E-state index in [9.17, 15) is 10.0 Å². The zero-order valence-corrected chi connectivity index (χ0v) is 14.6. The van der Waals surface area contributed by atoms with Crippen molar-refractivity contribution in [3.05, 3.63) is 64.0 Å². The summed E-state index contributed by atoms with van der Waals surface area (Å²) in [5.74, 6) is -0.442. The topological polar surface area (TPSA) is 146 Å². The Hall–Kier alpha value is -3.71. The van der Waals surface area contributed by atoms with Gasteiger partial charge < -0.3 is 10.5 Å². The second-order valence-corrected chi connectivity index (χ2v) is 5.92. The van der Waals surface area contributed by atoms with Gasteiger partial charge in [-0.3, -0.25) is 10.2 Å². The first kappa shape index (κ1) is 18.1. The maximum Gasteiger partial charge on any atom is 0.226 e. The number of nitrogens with zero attached hydrogens (tertiary/aromatic N) is 6. The van der Waals surface area contributed by atoms with Gasteiger partial charge in [-0.2, -0.15) is 9.99 Å². The molecule has 0 fully saturated rings. The van der Waals surface area contributed by atoms with Gasteiger partial charge in [0.25, 0.3) is 0 Å². The van der Waals surface area contributed by atoms with Crippen LogP contribution in [0.1, 0.15) is 16.8 Å². The van der Waals surface area contributed by atoms with E-state index >= 15 is 0 Å². The summed E-state index contributed by atoms with van der Waals surface area (Å²) < 4.78 is 1.96. The molecule has 0 radical (unpaired) electrons. The summed E-state index contributed by atoms with van der Waals surface area (Å²) in [5, 5.41) is 40.8. The summed E-state index contributed by atoms with van der Waals surface area (Å²) in [6.45, 7) is 0.127. The van der Waals surface area contributed by atoms with Crippen LogP contribution in [0.25, 0.3) is 5.69 Å². The molecule has 1 aromatic carbocycles. The summed E-state index contributed by atoms with van der Waals surface area (Å²) in [5.41, 5.74) is 1.24. The highest BCUT2D eigenvalue weighted by Gasteiger charge is 2.14. The number of aromatic nitrogens is 5. The number of rotatable bonds is 5. The SMILES string of the molecule is N#Cc1ccc(=N)n(O)c1CC(=O)NCc1cc(Cl)ccc1-n1cnnn1. The molecular weight excluding hydrogens is 372 g/mol. The molecule has 10 nitrogen and oxygen atoms in total. The van der Waals surface area contributed by atoms with Gasteiger partial charge in [0.15, 0.2) is 5.49 Å². The van der Waals surface area contributed by atoms with Crippen LogP contribution in [-0.4, -0.2) is 36.1 Å². The van der Waals surface area contributed by atoms with E-state index in [1.807, 2.05) is 6.07 Å². The summed E-state index contributed by atoms with van der Waals surface area (Å²) in [6.07, 6.45) is 1.15. The van der Waals surface area contributed by atoms with Crippen molar-refractivity contribution >= 4 is 17.5 Å². The fourth-order valence-electron chi connectivity index (χ4n) is 2.46. The number of hydrogen-bond acceptors (Lipinski definition) is 7. The van der Waals surface area contributed by atoms with E-state index in [2.05, 4.69) is 20.8 Å². The Labute approximate surface area is 157 Å². The molecule has 2 aromatic heterocycles. The molecule has 0 unspecified atom stereocenters. The minimum atomic E-state index is -0.442. The number of carbonyl (C=O) groups is 1. The highest BCUT2D eigenvalue weighted by Crippen LogP contribution is 2.19. The first-order valence-electron chi connectivity index (χ1n) is 7.67. The lowest BCUT2D eigenvalue weighted by atomic mass is 10.1. The fourth-order valence-corrected chi connectivity index (χ4v) is 2.65. The van der Waals surface area contributed by atoms with Crippen LogP contribution in [0.2, 0.25) is 5.02 Å². The molecule has 0 bridgehead atoms. The second-order valence-electron chi connectivity index (χ2n) is 5.48. The predicted octanol–water partition coefficient (Wildman–Crippen LogP) is 0.565. The zero-order chi connectivity index (χ0) is 19.4. The lowest BCUT2D eigenvalue weighted by molar-refractivity contribution is -0.120. The summed E-state index contributed by atoms with van der Waals surface area (Å²) >= 11 is 6.03. The van der Waals surface area contributed by atoms with Gasteiger partial charge >= 0.3 is 0 Å². The average molecular weight is 385 g/mol. The van der Waals surface area contributed by atoms with E-state index < -0.39 is 5.91 Å². The monoisotopic (exact) mass is 384 g/mol. The Morgan fingerprint density at radius 3 is 2.89 bits per heavy atom. The Morgan fingerprint density at radius 2 is 2.19 bits per heavy atom. The average Bonchev–Trinajstić information content (AvgIpc) is 3.18. The molecule has 11 heteroatoms. The van der Waals surface area contributed by atoms with Crippen LogP contribution in [0.15, 0.2) is 36.7 Å². The molecule has 27 heavy (non-hydrogen) atoms. The minimum absolute atomic E-state index is 0.0364. The quantitative estimate of drug-likeness (QED) is 0.548. The van der Waals surface area contributed by atoms with Crippen LogP contribution in [0, 0.1) is 16.7 Å². The highest BCUT2D eigenvalue weighted by molar-refractivity contribution is 6.30. The summed E-state index contributed by atoms with van der Waals surface area (Å²) in [6, 6.07) is 9.61. The number of carbonyl (C=O) groups excluding carboxylic acids is 1. The third-order valence-corrected chi connectivity index (χ3v) is 4.00. The van der Waals surface area contributed by atoms with E-state index in [0.717, 1.165) is 0 Å². The van der Waals surface area contributed by atoms with Crippen molar-refractivity contribution in [2.45, 2.75) is 13.0 Å². The molecule has 0 spiro atoms. The van der Waals surface area contributed by atoms with Crippen molar-refractivity contribution in [1.29, 1.82) is 10.7 Å². The fraction of sp³-hybridized carbons (Fsp3) is 0.125. The van der Waals surface area contributed by atoms with Gasteiger partial charge in [-0.25, -0.2) is 4.68 Å². The number of halogens is 1. The lowest BCUT2D eigenvalue weighted by Gasteiger charge is -2.12. The van der Waals surface area contributed by atoms with Gasteiger partial charge in [0.2, 0.25) is 5.91 Å². The largest absolute Gasteiger partial charge is 0.427 e. The van der Waals surface area contributed by atoms with Crippen LogP contribution in [0.5, 0.6) is 0 Å². The van der Waals surface area contributed by atoms with E-state index in [-0.39, 0.29) is 29.7 Å². The number of hydrogen-bond donors (Lipinski definition) is 3. The van der Waals surface area contributed by atoms with Crippen molar-refractivity contribution < 1.29 is 10.0 Å². The number of pyridine rings is 1. The van der Waals surface area contributed by atoms with E-state index in [4.69, 9.17) is 22.3 Å². The molecular formula is C16H13ClN8O2. The molecule has 136 valence electrons. The first-order chi connectivity index (χ1) is 13.0. The Balaban J connectivity index is 1.78. The van der Waals surface area contributed by atoms with E-state index in [1.54, 1.807) is 18.2 Å². The standard InChI is InChI=1S/C16H13ClN8O2/c17-12-2-3-13(24-9-21-22-23-24)11(5-12)8-20-16(26)6-14-10(7-18)1-4-15(19)25(14)27/h1-5,9,19,27H,6,8H2,(H,20,26). The maximum absolute atomic E-state index is 12.3. The lowest BCUT2D eigenvalue weighted by Crippen LogP contribution is -2.29. The number of nitriles is 1. The van der Waals surface area contributed by atoms with Crippen molar-refractivity contribution in [3.8, 4) is 11.8 Å². The maximum atomic E-state index is 12.3. The summed E-state index contributed by atoms with van der Waals surface area (Å²) in [4.78, 5) is 12.3. The van der Waals surface area contributed by atoms with Gasteiger partial charge in [-0.1, -0.05) is 11.6 Å². The molecule has 3 N–H and O–H groups in total. The van der Waals surface area contributed by atoms with Crippen LogP contribution >= 0.6 is 11.6 Å². The van der Waals surface area contributed by atoms with Crippen molar-refractivity contribution in [3.63, 3.8) is 0 Å². The molecule has 0 saturated heterocycles. The molecule has 3 rings (SSSR count). The van der Waals surface area contributed by atoms with E-state index in [0.29, 0.717) is 21.0 Å². The Bertz CT molecular complexity index is 1080. The molecule has 0 atom stereocenters. The number of tetrazole rings is 1. The van der Waals surface area contributed by atoms with Crippen LogP contribution in [0.4, 0.5) is 0 Å². The van der Waals surface area contributed by atoms with Crippen LogP contribution in [0.3, 0.4) is 0 Å². The van der Waals surface area contributed by atoms with Crippen molar-refractivity contribution in [1.82, 2.24) is 30.3 Å². The van der Waals surface area contributed by atoms with Crippen LogP contribution in [-0.2, 0) is 17.8 Å². The Morgan fingerprint density at radius 1 is 1.37 bits per heavy atom. The molecule has 0 aliphatic heterocycles. The van der Waals surface area contributed by atoms with Crippen molar-refractivity contribution in [2.75, 3.05) is 0 Å². The molecule has 0 saturated carbocycles. The highest BCUT2D eigenvalue weighted by atomic mass is 35.5. The minimum Gasteiger partial charge on any atom is -0.427 e. The number of nitrogens with one attached hydrogen (secondary N) is 2. The number of amides is 1. The second kappa shape index (κ2) is 7.67. The third kappa shape index (κ3) is 3.94. The van der Waals surface area contributed by atoms with Gasteiger partial charge in [0.1, 0.15) is 12.4 Å². The van der Waals surface area contributed by atoms with Gasteiger partial charge in [0.05, 0.1) is 23.4 Å². The molecule has 2 heterocycles. The van der Waals surface area contributed by atoms with Crippen molar-refractivity contribution in [2.24, 2.45) is 0 Å². The van der Waals surface area contributed by atoms with E-state index in [1.165, 1.54) is 23.1 Å². The molecule has 0 aliphatic carbocycles. The van der Waals surface area contributed by atoms with Gasteiger partial charge in [0, 0.05) is 11.6 Å². The van der Waals surface area contributed by atoms with Gasteiger partial charge in [-0.15, -0.1) is 5.10 Å². The predicted molar refractivity (Wildman–Crippen MR) is 91.9 cm³/mol. The third-order valence-electron chi connectivity index (χ3n) is 3.76. The summed E-state index contributed by atoms with van der Waals surface area (Å²) in [7, 11) is 0. The molecule has 1 amide bonds. The molecule has 3 aromatic rings. The number of benzene rings is 1. The first-order valence-corrected chi connectivity index (χ1v) is 8.04. The molecule has 0 aliphatic rings. The zero-order valence-electron chi connectivity index (χ0n) is 13.8. The normalized spacial score (nSPS) is 10.4. The smallest absolute Gasteiger partial charge is 0.226 e.